The van der Waals surface area contributed by atoms with Crippen LogP contribution < -0.4 is 5.32 Å². The number of carbonyl (C=O) groups excluding carboxylic acids is 1. The van der Waals surface area contributed by atoms with Crippen LogP contribution in [0.25, 0.3) is 10.9 Å². The molecule has 1 aromatic heterocycles. The lowest BCUT2D eigenvalue weighted by Crippen LogP contribution is -2.39. The van der Waals surface area contributed by atoms with E-state index >= 15 is 0 Å². The summed E-state index contributed by atoms with van der Waals surface area (Å²) in [5, 5.41) is 4.16. The lowest BCUT2D eigenvalue weighted by Gasteiger charge is -2.33. The van der Waals surface area contributed by atoms with Crippen LogP contribution in [0.2, 0.25) is 0 Å². The first kappa shape index (κ1) is 21.1. The van der Waals surface area contributed by atoms with Crippen LogP contribution >= 0.6 is 0 Å². The number of fused-ring (bicyclic) bond motifs is 1. The van der Waals surface area contributed by atoms with E-state index < -0.39 is 0 Å². The lowest BCUT2D eigenvalue weighted by atomic mass is 9.75. The summed E-state index contributed by atoms with van der Waals surface area (Å²) in [6, 6.07) is 15.5. The van der Waals surface area contributed by atoms with Crippen LogP contribution in [0.4, 0.5) is 4.39 Å². The Morgan fingerprint density at radius 1 is 1.06 bits per heavy atom. The standard InChI is InChI=1S/C28H31FN2O/c1-18(31-27(32)21-10-12-22(13-11-21)28(2)15-16-28)19-6-8-20(9-7-19)23-14-17-30-26-24(23)4-3-5-25(26)29/h3-5,10-14,17-20H,6-9,15-16H2,1-2H3,(H,31,32)/t18-,19?,20?/m1/s1. The predicted molar refractivity (Wildman–Crippen MR) is 126 cm³/mol. The number of nitrogens with zero attached hydrogens (tertiary/aromatic N) is 1. The average molecular weight is 431 g/mol. The largest absolute Gasteiger partial charge is 0.349 e. The highest BCUT2D eigenvalue weighted by molar-refractivity contribution is 5.94. The van der Waals surface area contributed by atoms with Crippen LogP contribution in [0.5, 0.6) is 0 Å². The number of benzene rings is 2. The van der Waals surface area contributed by atoms with Gasteiger partial charge in [0.15, 0.2) is 0 Å². The summed E-state index contributed by atoms with van der Waals surface area (Å²) in [6.07, 6.45) is 8.42. The molecule has 2 aromatic carbocycles. The summed E-state index contributed by atoms with van der Waals surface area (Å²) in [5.41, 5.74) is 4.07. The molecule has 1 amide bonds. The number of carbonyl (C=O) groups is 1. The Kier molecular flexibility index (Phi) is 5.48. The fourth-order valence-electron chi connectivity index (χ4n) is 5.36. The Bertz CT molecular complexity index is 1130. The van der Waals surface area contributed by atoms with E-state index in [-0.39, 0.29) is 17.8 Å². The van der Waals surface area contributed by atoms with Crippen molar-refractivity contribution in [3.8, 4) is 0 Å². The number of pyridine rings is 1. The average Bonchev–Trinajstić information content (AvgIpc) is 3.58. The molecule has 0 spiro atoms. The summed E-state index contributed by atoms with van der Waals surface area (Å²) in [6.45, 7) is 4.41. The number of para-hydroxylation sites is 1. The van der Waals surface area contributed by atoms with Crippen molar-refractivity contribution >= 4 is 16.8 Å². The van der Waals surface area contributed by atoms with Gasteiger partial charge in [0.05, 0.1) is 0 Å². The molecule has 2 aliphatic rings. The molecular formula is C28H31FN2O. The highest BCUT2D eigenvalue weighted by atomic mass is 19.1. The van der Waals surface area contributed by atoms with Crippen molar-refractivity contribution in [2.75, 3.05) is 0 Å². The zero-order chi connectivity index (χ0) is 22.3. The molecule has 0 radical (unpaired) electrons. The van der Waals surface area contributed by atoms with Gasteiger partial charge in [-0.25, -0.2) is 4.39 Å². The zero-order valence-corrected chi connectivity index (χ0v) is 18.9. The summed E-state index contributed by atoms with van der Waals surface area (Å²) in [4.78, 5) is 17.0. The van der Waals surface area contributed by atoms with Gasteiger partial charge in [0, 0.05) is 23.2 Å². The Morgan fingerprint density at radius 3 is 2.47 bits per heavy atom. The first-order chi connectivity index (χ1) is 15.4. The van der Waals surface area contributed by atoms with Crippen LogP contribution in [-0.4, -0.2) is 16.9 Å². The van der Waals surface area contributed by atoms with E-state index in [1.165, 1.54) is 30.0 Å². The van der Waals surface area contributed by atoms with E-state index in [2.05, 4.69) is 36.3 Å². The second kappa shape index (κ2) is 8.31. The number of hydrogen-bond donors (Lipinski definition) is 1. The monoisotopic (exact) mass is 430 g/mol. The van der Waals surface area contributed by atoms with Gasteiger partial charge < -0.3 is 5.32 Å². The molecule has 166 valence electrons. The number of hydrogen-bond acceptors (Lipinski definition) is 2. The van der Waals surface area contributed by atoms with Crippen molar-refractivity contribution in [2.45, 2.75) is 69.7 Å². The van der Waals surface area contributed by atoms with Gasteiger partial charge in [-0.05, 0) is 98.1 Å². The second-order valence-corrected chi connectivity index (χ2v) is 10.0. The minimum absolute atomic E-state index is 0.0164. The van der Waals surface area contributed by atoms with Crippen LogP contribution in [0.15, 0.2) is 54.7 Å². The number of halogens is 1. The SMILES string of the molecule is C[C@@H](NC(=O)c1ccc(C2(C)CC2)cc1)C1CCC(c2ccnc3c(F)cccc23)CC1. The van der Waals surface area contributed by atoms with Crippen molar-refractivity contribution in [3.05, 3.63) is 77.2 Å². The lowest BCUT2D eigenvalue weighted by molar-refractivity contribution is 0.0918. The minimum Gasteiger partial charge on any atom is -0.349 e. The van der Waals surface area contributed by atoms with E-state index in [1.807, 2.05) is 24.3 Å². The second-order valence-electron chi connectivity index (χ2n) is 10.0. The number of rotatable bonds is 5. The third kappa shape index (κ3) is 4.03. The summed E-state index contributed by atoms with van der Waals surface area (Å²) in [7, 11) is 0. The highest BCUT2D eigenvalue weighted by Crippen LogP contribution is 2.47. The van der Waals surface area contributed by atoms with Gasteiger partial charge in [0.25, 0.3) is 5.91 Å². The van der Waals surface area contributed by atoms with Crippen LogP contribution in [0.3, 0.4) is 0 Å². The van der Waals surface area contributed by atoms with Crippen LogP contribution in [0, 0.1) is 11.7 Å². The third-order valence-electron chi connectivity index (χ3n) is 7.88. The molecule has 5 rings (SSSR count). The molecule has 32 heavy (non-hydrogen) atoms. The molecule has 1 heterocycles. The fourth-order valence-corrected chi connectivity index (χ4v) is 5.36. The summed E-state index contributed by atoms with van der Waals surface area (Å²) >= 11 is 0. The predicted octanol–water partition coefficient (Wildman–Crippen LogP) is 6.52. The molecular weight excluding hydrogens is 399 g/mol. The van der Waals surface area contributed by atoms with Gasteiger partial charge in [-0.15, -0.1) is 0 Å². The molecule has 4 heteroatoms. The zero-order valence-electron chi connectivity index (χ0n) is 18.9. The van der Waals surface area contributed by atoms with Crippen LogP contribution in [-0.2, 0) is 5.41 Å². The normalized spacial score (nSPS) is 23.0. The Balaban J connectivity index is 1.20. The van der Waals surface area contributed by atoms with Crippen molar-refractivity contribution in [3.63, 3.8) is 0 Å². The molecule has 1 N–H and O–H groups in total. The van der Waals surface area contributed by atoms with Crippen molar-refractivity contribution in [1.29, 1.82) is 0 Å². The molecule has 3 aromatic rings. The van der Waals surface area contributed by atoms with Crippen molar-refractivity contribution in [2.24, 2.45) is 5.92 Å². The first-order valence-electron chi connectivity index (χ1n) is 11.9. The molecule has 0 aliphatic heterocycles. The maximum atomic E-state index is 14.1. The molecule has 2 aliphatic carbocycles. The number of aromatic nitrogens is 1. The van der Waals surface area contributed by atoms with Crippen molar-refractivity contribution in [1.82, 2.24) is 10.3 Å². The van der Waals surface area contributed by atoms with Crippen molar-refractivity contribution < 1.29 is 9.18 Å². The van der Waals surface area contributed by atoms with E-state index in [9.17, 15) is 9.18 Å². The Morgan fingerprint density at radius 2 is 1.78 bits per heavy atom. The number of nitrogens with one attached hydrogen (secondary N) is 1. The van der Waals surface area contributed by atoms with Crippen LogP contribution in [0.1, 0.15) is 79.8 Å². The highest BCUT2D eigenvalue weighted by Gasteiger charge is 2.38. The topological polar surface area (TPSA) is 42.0 Å². The molecule has 0 unspecified atom stereocenters. The third-order valence-corrected chi connectivity index (χ3v) is 7.88. The summed E-state index contributed by atoms with van der Waals surface area (Å²) in [5.74, 6) is 0.638. The molecule has 0 saturated heterocycles. The molecule has 3 nitrogen and oxygen atoms in total. The van der Waals surface area contributed by atoms with Gasteiger partial charge in [-0.1, -0.05) is 31.2 Å². The molecule has 0 bridgehead atoms. The summed E-state index contributed by atoms with van der Waals surface area (Å²) < 4.78 is 14.1. The fraction of sp³-hybridized carbons (Fsp3) is 0.429. The maximum Gasteiger partial charge on any atom is 0.251 e. The molecule has 2 saturated carbocycles. The first-order valence-corrected chi connectivity index (χ1v) is 11.9. The van der Waals surface area contributed by atoms with Gasteiger partial charge in [0.2, 0.25) is 0 Å². The quantitative estimate of drug-likeness (QED) is 0.501. The van der Waals surface area contributed by atoms with E-state index in [1.54, 1.807) is 12.3 Å². The van der Waals surface area contributed by atoms with E-state index in [0.717, 1.165) is 36.6 Å². The maximum absolute atomic E-state index is 14.1. The van der Waals surface area contributed by atoms with Gasteiger partial charge in [-0.3, -0.25) is 9.78 Å². The van der Waals surface area contributed by atoms with Gasteiger partial charge >= 0.3 is 0 Å². The number of amides is 1. The van der Waals surface area contributed by atoms with Gasteiger partial charge in [-0.2, -0.15) is 0 Å². The van der Waals surface area contributed by atoms with E-state index in [4.69, 9.17) is 0 Å². The van der Waals surface area contributed by atoms with E-state index in [0.29, 0.717) is 22.8 Å². The smallest absolute Gasteiger partial charge is 0.251 e. The van der Waals surface area contributed by atoms with Gasteiger partial charge in [0.1, 0.15) is 11.3 Å². The Labute approximate surface area is 189 Å². The minimum atomic E-state index is -0.256. The molecule has 1 atom stereocenters. The Hall–Kier alpha value is -2.75. The molecule has 2 fully saturated rings.